The summed E-state index contributed by atoms with van der Waals surface area (Å²) >= 11 is 9.21. The molecule has 130 valence electrons. The van der Waals surface area contributed by atoms with Gasteiger partial charge < -0.3 is 10.1 Å². The van der Waals surface area contributed by atoms with E-state index in [9.17, 15) is 4.79 Å². The van der Waals surface area contributed by atoms with Crippen molar-refractivity contribution < 1.29 is 9.53 Å². The summed E-state index contributed by atoms with van der Waals surface area (Å²) in [6.45, 7) is 2.06. The molecule has 0 saturated carbocycles. The molecule has 0 atom stereocenters. The van der Waals surface area contributed by atoms with E-state index in [2.05, 4.69) is 41.5 Å². The van der Waals surface area contributed by atoms with Crippen LogP contribution in [-0.2, 0) is 4.79 Å². The summed E-state index contributed by atoms with van der Waals surface area (Å²) in [6, 6.07) is 11.8. The number of rotatable bonds is 6. The highest BCUT2D eigenvalue weighted by Crippen LogP contribution is 2.37. The topological polar surface area (TPSA) is 51.2 Å². The molecule has 1 heterocycles. The van der Waals surface area contributed by atoms with Gasteiger partial charge in [-0.2, -0.15) is 0 Å². The van der Waals surface area contributed by atoms with E-state index in [-0.39, 0.29) is 5.91 Å². The van der Waals surface area contributed by atoms with E-state index in [0.29, 0.717) is 33.6 Å². The Balaban J connectivity index is 1.60. The van der Waals surface area contributed by atoms with Crippen LogP contribution in [0.3, 0.4) is 0 Å². The number of halogens is 1. The van der Waals surface area contributed by atoms with Crippen molar-refractivity contribution in [2.75, 3.05) is 18.2 Å². The number of nitrogens with zero attached hydrogens (tertiary/aromatic N) is 1. The van der Waals surface area contributed by atoms with E-state index in [1.807, 2.05) is 0 Å². The summed E-state index contributed by atoms with van der Waals surface area (Å²) in [5.74, 6) is 1.30. The number of fused-ring (bicyclic) bond motifs is 1. The predicted octanol–water partition coefficient (Wildman–Crippen LogP) is 5.39. The van der Waals surface area contributed by atoms with Gasteiger partial charge in [-0.05, 0) is 31.2 Å². The summed E-state index contributed by atoms with van der Waals surface area (Å²) in [6.07, 6.45) is 0.416. The van der Waals surface area contributed by atoms with Crippen LogP contribution in [0.4, 0.5) is 5.13 Å². The Kier molecular flexibility index (Phi) is 5.83. The summed E-state index contributed by atoms with van der Waals surface area (Å²) in [5, 5.41) is 3.98. The maximum absolute atomic E-state index is 12.2. The number of nitrogens with one attached hydrogen (secondary N) is 1. The molecule has 0 bridgehead atoms. The van der Waals surface area contributed by atoms with Gasteiger partial charge >= 0.3 is 0 Å². The number of methoxy groups -OCH3 is 1. The number of benzene rings is 2. The number of hydrogen-bond donors (Lipinski definition) is 1. The zero-order chi connectivity index (χ0) is 17.8. The first-order valence-electron chi connectivity index (χ1n) is 7.69. The summed E-state index contributed by atoms with van der Waals surface area (Å²) < 4.78 is 6.10. The van der Waals surface area contributed by atoms with Gasteiger partial charge in [0.25, 0.3) is 0 Å². The number of hydrogen-bond acceptors (Lipinski definition) is 5. The fourth-order valence-electron chi connectivity index (χ4n) is 2.25. The van der Waals surface area contributed by atoms with E-state index >= 15 is 0 Å². The maximum atomic E-state index is 12.2. The second kappa shape index (κ2) is 8.08. The monoisotopic (exact) mass is 392 g/mol. The van der Waals surface area contributed by atoms with Crippen LogP contribution in [0.5, 0.6) is 5.75 Å². The fraction of sp³-hybridized carbons (Fsp3) is 0.222. The molecular formula is C18H17ClN2O2S2. The molecule has 1 aromatic heterocycles. The Morgan fingerprint density at radius 1 is 1.28 bits per heavy atom. The molecule has 0 unspecified atom stereocenters. The molecule has 2 aromatic carbocycles. The number of thiazole rings is 1. The molecule has 0 aliphatic carbocycles. The standard InChI is InChI=1S/C18H17ClN2O2S2/c1-11-3-5-12(6-4-11)24-10-9-15(22)20-18-21-16-14(23-2)8-7-13(19)17(16)25-18/h3-8H,9-10H2,1-2H3,(H,20,21,22). The molecule has 0 saturated heterocycles. The molecular weight excluding hydrogens is 376 g/mol. The number of ether oxygens (including phenoxy) is 1. The van der Waals surface area contributed by atoms with Gasteiger partial charge in [-0.1, -0.05) is 40.6 Å². The van der Waals surface area contributed by atoms with Crippen LogP contribution >= 0.6 is 34.7 Å². The van der Waals surface area contributed by atoms with Crippen molar-refractivity contribution >= 4 is 56.0 Å². The average molecular weight is 393 g/mol. The van der Waals surface area contributed by atoms with Gasteiger partial charge in [0.2, 0.25) is 5.91 Å². The third-order valence-electron chi connectivity index (χ3n) is 3.54. The summed E-state index contributed by atoms with van der Waals surface area (Å²) in [7, 11) is 1.59. The molecule has 3 aromatic rings. The SMILES string of the molecule is COc1ccc(Cl)c2sc(NC(=O)CCSc3ccc(C)cc3)nc12. The molecule has 0 aliphatic rings. The number of aryl methyl sites for hydroxylation is 1. The van der Waals surface area contributed by atoms with Gasteiger partial charge in [-0.15, -0.1) is 11.8 Å². The van der Waals surface area contributed by atoms with Crippen molar-refractivity contribution in [3.05, 3.63) is 47.0 Å². The summed E-state index contributed by atoms with van der Waals surface area (Å²) in [4.78, 5) is 17.7. The third kappa shape index (κ3) is 4.45. The third-order valence-corrected chi connectivity index (χ3v) is 5.99. The molecule has 7 heteroatoms. The Labute approximate surface area is 159 Å². The lowest BCUT2D eigenvalue weighted by Gasteiger charge is -2.03. The second-order valence-corrected chi connectivity index (χ2v) is 7.98. The Hall–Kier alpha value is -1.76. The number of thioether (sulfide) groups is 1. The number of carbonyl (C=O) groups excluding carboxylic acids is 1. The van der Waals surface area contributed by atoms with Gasteiger partial charge in [0, 0.05) is 17.1 Å². The minimum Gasteiger partial charge on any atom is -0.494 e. The number of aromatic nitrogens is 1. The number of amides is 1. The normalized spacial score (nSPS) is 10.8. The molecule has 1 N–H and O–H groups in total. The molecule has 4 nitrogen and oxygen atoms in total. The molecule has 0 spiro atoms. The largest absolute Gasteiger partial charge is 0.494 e. The molecule has 0 radical (unpaired) electrons. The van der Waals surface area contributed by atoms with E-state index in [1.54, 1.807) is 31.0 Å². The van der Waals surface area contributed by atoms with Crippen LogP contribution in [0.25, 0.3) is 10.2 Å². The molecule has 3 rings (SSSR count). The van der Waals surface area contributed by atoms with Crippen LogP contribution in [-0.4, -0.2) is 23.8 Å². The van der Waals surface area contributed by atoms with Crippen molar-refractivity contribution in [1.29, 1.82) is 0 Å². The van der Waals surface area contributed by atoms with E-state index < -0.39 is 0 Å². The smallest absolute Gasteiger partial charge is 0.226 e. The van der Waals surface area contributed by atoms with Crippen molar-refractivity contribution in [3.63, 3.8) is 0 Å². The molecule has 0 aliphatic heterocycles. The Morgan fingerprint density at radius 2 is 2.04 bits per heavy atom. The average Bonchev–Trinajstić information content (AvgIpc) is 3.01. The number of anilines is 1. The van der Waals surface area contributed by atoms with Crippen LogP contribution < -0.4 is 10.1 Å². The van der Waals surface area contributed by atoms with Gasteiger partial charge in [-0.3, -0.25) is 4.79 Å². The minimum atomic E-state index is -0.0613. The van der Waals surface area contributed by atoms with Crippen molar-refractivity contribution in [2.24, 2.45) is 0 Å². The van der Waals surface area contributed by atoms with Crippen LogP contribution in [0.2, 0.25) is 5.02 Å². The van der Waals surface area contributed by atoms with Gasteiger partial charge in [0.15, 0.2) is 5.13 Å². The lowest BCUT2D eigenvalue weighted by molar-refractivity contribution is -0.115. The minimum absolute atomic E-state index is 0.0613. The van der Waals surface area contributed by atoms with Gasteiger partial charge in [0.1, 0.15) is 11.3 Å². The van der Waals surface area contributed by atoms with Gasteiger partial charge in [0.05, 0.1) is 16.8 Å². The lowest BCUT2D eigenvalue weighted by atomic mass is 10.2. The maximum Gasteiger partial charge on any atom is 0.226 e. The first-order valence-corrected chi connectivity index (χ1v) is 9.87. The zero-order valence-corrected chi connectivity index (χ0v) is 16.2. The van der Waals surface area contributed by atoms with E-state index in [4.69, 9.17) is 16.3 Å². The highest BCUT2D eigenvalue weighted by Gasteiger charge is 2.13. The summed E-state index contributed by atoms with van der Waals surface area (Å²) in [5.41, 5.74) is 1.90. The van der Waals surface area contributed by atoms with E-state index in [0.717, 1.165) is 9.60 Å². The van der Waals surface area contributed by atoms with Crippen molar-refractivity contribution in [3.8, 4) is 5.75 Å². The van der Waals surface area contributed by atoms with E-state index in [1.165, 1.54) is 16.9 Å². The zero-order valence-electron chi connectivity index (χ0n) is 13.8. The van der Waals surface area contributed by atoms with Crippen molar-refractivity contribution in [1.82, 2.24) is 4.98 Å². The van der Waals surface area contributed by atoms with Crippen molar-refractivity contribution in [2.45, 2.75) is 18.2 Å². The lowest BCUT2D eigenvalue weighted by Crippen LogP contribution is -2.11. The highest BCUT2D eigenvalue weighted by molar-refractivity contribution is 7.99. The first kappa shape index (κ1) is 18.0. The van der Waals surface area contributed by atoms with Crippen LogP contribution in [0.1, 0.15) is 12.0 Å². The second-order valence-electron chi connectivity index (χ2n) is 5.41. The Morgan fingerprint density at radius 3 is 2.76 bits per heavy atom. The predicted molar refractivity (Wildman–Crippen MR) is 106 cm³/mol. The highest BCUT2D eigenvalue weighted by atomic mass is 35.5. The van der Waals surface area contributed by atoms with Crippen LogP contribution in [0.15, 0.2) is 41.3 Å². The quantitative estimate of drug-likeness (QED) is 0.571. The molecule has 0 fully saturated rings. The molecule has 1 amide bonds. The van der Waals surface area contributed by atoms with Gasteiger partial charge in [-0.25, -0.2) is 4.98 Å². The number of carbonyl (C=O) groups is 1. The fourth-order valence-corrected chi connectivity index (χ4v) is 4.27. The molecule has 25 heavy (non-hydrogen) atoms. The Bertz CT molecular complexity index is 894. The first-order chi connectivity index (χ1) is 12.1. The van der Waals surface area contributed by atoms with Crippen LogP contribution in [0, 0.1) is 6.92 Å².